The van der Waals surface area contributed by atoms with Gasteiger partial charge in [0.2, 0.25) is 11.8 Å². The maximum absolute atomic E-state index is 13.8. The van der Waals surface area contributed by atoms with Gasteiger partial charge in [-0.15, -0.1) is 0 Å². The Balaban J connectivity index is 1.56. The van der Waals surface area contributed by atoms with Gasteiger partial charge in [-0.1, -0.05) is 78.9 Å². The lowest BCUT2D eigenvalue weighted by Gasteiger charge is -2.19. The Morgan fingerprint density at radius 1 is 0.844 bits per heavy atom. The molecule has 0 aliphatic rings. The molecule has 2 atom stereocenters. The zero-order chi connectivity index (χ0) is 22.8. The summed E-state index contributed by atoms with van der Waals surface area (Å²) in [4.78, 5) is 25.4. The molecule has 2 amide bonds. The molecule has 0 aliphatic carbocycles. The molecule has 0 radical (unpaired) electrons. The number of nitrogens with two attached hydrogens (primary N) is 1. The maximum Gasteiger partial charge on any atom is 0.229 e. The Bertz CT molecular complexity index is 1010. The van der Waals surface area contributed by atoms with Crippen molar-refractivity contribution in [3.05, 3.63) is 107 Å². The van der Waals surface area contributed by atoms with Gasteiger partial charge in [-0.25, -0.2) is 4.39 Å². The normalized spacial score (nSPS) is 12.6. The van der Waals surface area contributed by atoms with Crippen LogP contribution in [-0.4, -0.2) is 24.4 Å². The van der Waals surface area contributed by atoms with E-state index in [1.807, 2.05) is 60.7 Å². The van der Waals surface area contributed by atoms with Gasteiger partial charge in [-0.05, 0) is 29.2 Å². The van der Waals surface area contributed by atoms with Crippen LogP contribution in [-0.2, 0) is 22.6 Å². The van der Waals surface area contributed by atoms with Crippen LogP contribution in [0.5, 0.6) is 0 Å². The summed E-state index contributed by atoms with van der Waals surface area (Å²) >= 11 is 0. The van der Waals surface area contributed by atoms with Crippen LogP contribution in [0, 0.1) is 5.82 Å². The van der Waals surface area contributed by atoms with Gasteiger partial charge < -0.3 is 16.4 Å². The molecule has 0 saturated heterocycles. The number of amides is 2. The molecule has 0 heterocycles. The zero-order valence-corrected chi connectivity index (χ0v) is 17.8. The van der Waals surface area contributed by atoms with Crippen molar-refractivity contribution >= 4 is 11.8 Å². The maximum atomic E-state index is 13.8. The highest BCUT2D eigenvalue weighted by molar-refractivity contribution is 5.85. The standard InChI is InChI=1S/C26H28FN3O2/c27-24-14-8-7-13-21(24)15-22(28)16-25(31)29-18-23(20-11-5-2-6-12-20)26(32)30-17-19-9-3-1-4-10-19/h1-14,22-23H,15-18,28H2,(H,29,31)(H,30,32)/t22-,23-/m1/s1. The molecule has 0 unspecified atom stereocenters. The highest BCUT2D eigenvalue weighted by atomic mass is 19.1. The topological polar surface area (TPSA) is 84.2 Å². The van der Waals surface area contributed by atoms with Gasteiger partial charge in [-0.3, -0.25) is 9.59 Å². The SMILES string of the molecule is N[C@@H](CC(=O)NC[C@@H](C(=O)NCc1ccccc1)c1ccccc1)Cc1ccccc1F. The van der Waals surface area contributed by atoms with E-state index in [1.54, 1.807) is 18.2 Å². The Morgan fingerprint density at radius 2 is 1.47 bits per heavy atom. The fraction of sp³-hybridized carbons (Fsp3) is 0.231. The second-order valence-electron chi connectivity index (χ2n) is 7.73. The number of halogens is 1. The number of rotatable bonds is 10. The fourth-order valence-electron chi connectivity index (χ4n) is 3.50. The molecular weight excluding hydrogens is 405 g/mol. The molecule has 6 heteroatoms. The average Bonchev–Trinajstić information content (AvgIpc) is 2.80. The van der Waals surface area contributed by atoms with Crippen LogP contribution < -0.4 is 16.4 Å². The monoisotopic (exact) mass is 433 g/mol. The number of carbonyl (C=O) groups is 2. The predicted octanol–water partition coefficient (Wildman–Crippen LogP) is 3.30. The van der Waals surface area contributed by atoms with E-state index in [1.165, 1.54) is 6.07 Å². The summed E-state index contributed by atoms with van der Waals surface area (Å²) in [5.74, 6) is -1.31. The van der Waals surface area contributed by atoms with E-state index >= 15 is 0 Å². The largest absolute Gasteiger partial charge is 0.355 e. The number of carbonyl (C=O) groups excluding carboxylic acids is 2. The van der Waals surface area contributed by atoms with Gasteiger partial charge in [0.05, 0.1) is 5.92 Å². The van der Waals surface area contributed by atoms with Crippen LogP contribution >= 0.6 is 0 Å². The number of benzene rings is 3. The minimum Gasteiger partial charge on any atom is -0.355 e. The van der Waals surface area contributed by atoms with Crippen molar-refractivity contribution in [1.82, 2.24) is 10.6 Å². The molecule has 0 spiro atoms. The van der Waals surface area contributed by atoms with Crippen molar-refractivity contribution < 1.29 is 14.0 Å². The van der Waals surface area contributed by atoms with Gasteiger partial charge in [0.1, 0.15) is 5.82 Å². The first-order chi connectivity index (χ1) is 15.5. The quantitative estimate of drug-likeness (QED) is 0.459. The van der Waals surface area contributed by atoms with Gasteiger partial charge >= 0.3 is 0 Å². The van der Waals surface area contributed by atoms with Gasteiger partial charge in [0.25, 0.3) is 0 Å². The van der Waals surface area contributed by atoms with Crippen LogP contribution in [0.1, 0.15) is 29.0 Å². The summed E-state index contributed by atoms with van der Waals surface area (Å²) in [5.41, 5.74) is 8.35. The van der Waals surface area contributed by atoms with Crippen LogP contribution in [0.4, 0.5) is 4.39 Å². The van der Waals surface area contributed by atoms with Crippen LogP contribution in [0.3, 0.4) is 0 Å². The molecule has 0 aromatic heterocycles. The zero-order valence-electron chi connectivity index (χ0n) is 17.8. The summed E-state index contributed by atoms with van der Waals surface area (Å²) < 4.78 is 13.8. The molecule has 0 fully saturated rings. The first-order valence-corrected chi connectivity index (χ1v) is 10.6. The van der Waals surface area contributed by atoms with Crippen molar-refractivity contribution in [2.24, 2.45) is 5.73 Å². The molecule has 3 aromatic rings. The fourth-order valence-corrected chi connectivity index (χ4v) is 3.50. The van der Waals surface area contributed by atoms with E-state index in [4.69, 9.17) is 5.73 Å². The van der Waals surface area contributed by atoms with Gasteiger partial charge in [0.15, 0.2) is 0 Å². The van der Waals surface area contributed by atoms with Crippen molar-refractivity contribution in [3.8, 4) is 0 Å². The van der Waals surface area contributed by atoms with Gasteiger partial charge in [-0.2, -0.15) is 0 Å². The van der Waals surface area contributed by atoms with Crippen LogP contribution in [0.25, 0.3) is 0 Å². The smallest absolute Gasteiger partial charge is 0.229 e. The van der Waals surface area contributed by atoms with Crippen molar-refractivity contribution in [3.63, 3.8) is 0 Å². The van der Waals surface area contributed by atoms with E-state index in [2.05, 4.69) is 10.6 Å². The Morgan fingerprint density at radius 3 is 2.16 bits per heavy atom. The molecule has 0 saturated carbocycles. The molecule has 5 nitrogen and oxygen atoms in total. The molecule has 4 N–H and O–H groups in total. The van der Waals surface area contributed by atoms with Gasteiger partial charge in [0, 0.05) is 25.6 Å². The second-order valence-corrected chi connectivity index (χ2v) is 7.73. The first-order valence-electron chi connectivity index (χ1n) is 10.6. The highest BCUT2D eigenvalue weighted by Gasteiger charge is 2.22. The number of hydrogen-bond acceptors (Lipinski definition) is 3. The highest BCUT2D eigenvalue weighted by Crippen LogP contribution is 2.16. The summed E-state index contributed by atoms with van der Waals surface area (Å²) in [6.45, 7) is 0.556. The third kappa shape index (κ3) is 7.03. The average molecular weight is 434 g/mol. The minimum absolute atomic E-state index is 0.0431. The van der Waals surface area contributed by atoms with Crippen molar-refractivity contribution in [2.45, 2.75) is 31.3 Å². The van der Waals surface area contributed by atoms with E-state index in [-0.39, 0.29) is 37.0 Å². The minimum atomic E-state index is -0.536. The lowest BCUT2D eigenvalue weighted by molar-refractivity contribution is -0.123. The third-order valence-corrected chi connectivity index (χ3v) is 5.22. The van der Waals surface area contributed by atoms with Crippen molar-refractivity contribution in [2.75, 3.05) is 6.54 Å². The molecule has 0 bridgehead atoms. The summed E-state index contributed by atoms with van der Waals surface area (Å²) in [5, 5.41) is 5.76. The van der Waals surface area contributed by atoms with E-state index < -0.39 is 12.0 Å². The summed E-state index contributed by atoms with van der Waals surface area (Å²) in [6.07, 6.45) is 0.307. The molecule has 0 aliphatic heterocycles. The lowest BCUT2D eigenvalue weighted by Crippen LogP contribution is -2.39. The van der Waals surface area contributed by atoms with E-state index in [0.717, 1.165) is 11.1 Å². The van der Waals surface area contributed by atoms with Crippen molar-refractivity contribution in [1.29, 1.82) is 0 Å². The lowest BCUT2D eigenvalue weighted by atomic mass is 9.97. The molecule has 3 rings (SSSR count). The second kappa shape index (κ2) is 11.8. The number of nitrogens with one attached hydrogen (secondary N) is 2. The molecule has 32 heavy (non-hydrogen) atoms. The van der Waals surface area contributed by atoms with Crippen LogP contribution in [0.2, 0.25) is 0 Å². The Labute approximate surface area is 187 Å². The molecule has 3 aromatic carbocycles. The summed E-state index contributed by atoms with van der Waals surface area (Å²) in [7, 11) is 0. The van der Waals surface area contributed by atoms with Crippen LogP contribution in [0.15, 0.2) is 84.9 Å². The van der Waals surface area contributed by atoms with E-state index in [9.17, 15) is 14.0 Å². The molecular formula is C26H28FN3O2. The molecule has 166 valence electrons. The Hall–Kier alpha value is -3.51. The predicted molar refractivity (Wildman–Crippen MR) is 123 cm³/mol. The first kappa shape index (κ1) is 23.2. The van der Waals surface area contributed by atoms with E-state index in [0.29, 0.717) is 12.1 Å². The third-order valence-electron chi connectivity index (χ3n) is 5.22. The Kier molecular flexibility index (Phi) is 8.52. The summed E-state index contributed by atoms with van der Waals surface area (Å²) in [6, 6.07) is 24.8. The number of hydrogen-bond donors (Lipinski definition) is 3.